The van der Waals surface area contributed by atoms with Gasteiger partial charge in [0.15, 0.2) is 6.61 Å². The molecule has 14 heteroatoms. The fourth-order valence-corrected chi connectivity index (χ4v) is 8.27. The molecule has 202 valence electrons. The lowest BCUT2D eigenvalue weighted by Crippen LogP contribution is -2.44. The Morgan fingerprint density at radius 3 is 2.18 bits per heavy atom. The molecule has 2 atom stereocenters. The van der Waals surface area contributed by atoms with E-state index in [0.29, 0.717) is 40.8 Å². The van der Waals surface area contributed by atoms with Crippen molar-refractivity contribution < 1.29 is 33.4 Å². The Hall–Kier alpha value is -1.61. The Morgan fingerprint density at radius 2 is 1.63 bits per heavy atom. The van der Waals surface area contributed by atoms with E-state index < -0.39 is 42.3 Å². The van der Waals surface area contributed by atoms with Crippen molar-refractivity contribution in [3.63, 3.8) is 0 Å². The highest BCUT2D eigenvalue weighted by molar-refractivity contribution is 9.15. The third-order valence-electron chi connectivity index (χ3n) is 6.36. The molecule has 9 nitrogen and oxygen atoms in total. The number of esters is 2. The Balaban J connectivity index is 1.46. The van der Waals surface area contributed by atoms with Gasteiger partial charge in [-0.3, -0.25) is 19.3 Å². The maximum Gasteiger partial charge on any atom is 0.341 e. The SMILES string of the molecule is COC(=O)c1c(NC(=O)COC(=O)[C@@H](C)N2C(=O)c3c(Br)c(Br)c(Br)c(Br)c3C2=O)sc2c1CC[C@@H](C)C2. The van der Waals surface area contributed by atoms with Gasteiger partial charge in [0.05, 0.1) is 23.8 Å². The fourth-order valence-electron chi connectivity index (χ4n) is 4.40. The van der Waals surface area contributed by atoms with E-state index in [1.54, 1.807) is 0 Å². The summed E-state index contributed by atoms with van der Waals surface area (Å²) in [5.74, 6) is -3.04. The quantitative estimate of drug-likeness (QED) is 0.168. The molecule has 2 aromatic rings. The van der Waals surface area contributed by atoms with Gasteiger partial charge in [-0.2, -0.15) is 0 Å². The second-order valence-electron chi connectivity index (χ2n) is 8.87. The molecular weight excluding hydrogens is 780 g/mol. The molecule has 0 radical (unpaired) electrons. The second kappa shape index (κ2) is 11.5. The van der Waals surface area contributed by atoms with Gasteiger partial charge in [0.1, 0.15) is 11.0 Å². The van der Waals surface area contributed by atoms with Crippen molar-refractivity contribution in [1.29, 1.82) is 0 Å². The van der Waals surface area contributed by atoms with Crippen LogP contribution in [0.3, 0.4) is 0 Å². The summed E-state index contributed by atoms with van der Waals surface area (Å²) < 4.78 is 11.8. The minimum Gasteiger partial charge on any atom is -0.465 e. The Kier molecular flexibility index (Phi) is 8.87. The first-order valence-corrected chi connectivity index (χ1v) is 15.3. The van der Waals surface area contributed by atoms with E-state index in [-0.39, 0.29) is 11.1 Å². The van der Waals surface area contributed by atoms with Crippen LogP contribution in [0.2, 0.25) is 0 Å². The summed E-state index contributed by atoms with van der Waals surface area (Å²) in [6.45, 7) is 2.80. The number of nitrogens with zero attached hydrogens (tertiary/aromatic N) is 1. The number of methoxy groups -OCH3 is 1. The van der Waals surface area contributed by atoms with Crippen molar-refractivity contribution in [1.82, 2.24) is 4.90 Å². The Morgan fingerprint density at radius 1 is 1.05 bits per heavy atom. The number of imide groups is 1. The zero-order valence-electron chi connectivity index (χ0n) is 20.2. The van der Waals surface area contributed by atoms with Crippen LogP contribution in [-0.4, -0.2) is 54.3 Å². The Bertz CT molecular complexity index is 1360. The van der Waals surface area contributed by atoms with Gasteiger partial charge in [0.2, 0.25) is 0 Å². The number of carbonyl (C=O) groups is 5. The molecule has 0 unspecified atom stereocenters. The highest BCUT2D eigenvalue weighted by Crippen LogP contribution is 2.45. The number of nitrogens with one attached hydrogen (secondary N) is 1. The maximum atomic E-state index is 13.1. The summed E-state index contributed by atoms with van der Waals surface area (Å²) in [4.78, 5) is 65.9. The van der Waals surface area contributed by atoms with Crippen LogP contribution in [0.1, 0.15) is 61.8 Å². The largest absolute Gasteiger partial charge is 0.465 e. The number of amides is 3. The monoisotopic (exact) mass is 796 g/mol. The van der Waals surface area contributed by atoms with E-state index in [1.807, 2.05) is 0 Å². The van der Waals surface area contributed by atoms with E-state index >= 15 is 0 Å². The molecule has 1 aliphatic carbocycles. The topological polar surface area (TPSA) is 119 Å². The summed E-state index contributed by atoms with van der Waals surface area (Å²) in [6, 6.07) is -1.30. The van der Waals surface area contributed by atoms with Crippen LogP contribution < -0.4 is 5.32 Å². The van der Waals surface area contributed by atoms with Crippen molar-refractivity contribution in [2.24, 2.45) is 5.92 Å². The molecule has 0 saturated carbocycles. The number of rotatable bonds is 6. The summed E-state index contributed by atoms with van der Waals surface area (Å²) >= 11 is 14.7. The molecular formula is C24H20Br4N2O7S. The van der Waals surface area contributed by atoms with E-state index in [2.05, 4.69) is 76.0 Å². The van der Waals surface area contributed by atoms with Gasteiger partial charge in [-0.25, -0.2) is 9.59 Å². The predicted molar refractivity (Wildman–Crippen MR) is 154 cm³/mol. The number of halogens is 4. The van der Waals surface area contributed by atoms with Gasteiger partial charge in [0, 0.05) is 22.8 Å². The van der Waals surface area contributed by atoms with E-state index in [0.717, 1.165) is 28.2 Å². The number of thiophene rings is 1. The number of fused-ring (bicyclic) bond motifs is 2. The molecule has 0 saturated heterocycles. The number of benzene rings is 1. The van der Waals surface area contributed by atoms with Crippen LogP contribution >= 0.6 is 75.1 Å². The lowest BCUT2D eigenvalue weighted by Gasteiger charge is -2.20. The minimum atomic E-state index is -1.30. The third kappa shape index (κ3) is 5.14. The molecule has 0 fully saturated rings. The van der Waals surface area contributed by atoms with Crippen LogP contribution in [0.15, 0.2) is 17.9 Å². The van der Waals surface area contributed by atoms with Gasteiger partial charge in [-0.15, -0.1) is 11.3 Å². The van der Waals surface area contributed by atoms with Crippen LogP contribution in [0.5, 0.6) is 0 Å². The smallest absolute Gasteiger partial charge is 0.341 e. The molecule has 1 aromatic heterocycles. The van der Waals surface area contributed by atoms with Gasteiger partial charge in [-0.1, -0.05) is 6.92 Å². The van der Waals surface area contributed by atoms with Crippen molar-refractivity contribution >= 4 is 110 Å². The molecule has 0 spiro atoms. The minimum absolute atomic E-state index is 0.0978. The first-order valence-electron chi connectivity index (χ1n) is 11.3. The van der Waals surface area contributed by atoms with E-state index in [4.69, 9.17) is 9.47 Å². The first-order chi connectivity index (χ1) is 17.9. The number of hydrogen-bond acceptors (Lipinski definition) is 8. The molecule has 3 amide bonds. The summed E-state index contributed by atoms with van der Waals surface area (Å²) in [7, 11) is 1.28. The molecule has 4 rings (SSSR count). The predicted octanol–water partition coefficient (Wildman–Crippen LogP) is 5.88. The van der Waals surface area contributed by atoms with Gasteiger partial charge in [-0.05, 0) is 101 Å². The zero-order chi connectivity index (χ0) is 28.0. The van der Waals surface area contributed by atoms with Crippen molar-refractivity contribution in [3.05, 3.63) is 45.0 Å². The first kappa shape index (κ1) is 29.4. The number of anilines is 1. The normalized spacial score (nSPS) is 17.1. The summed E-state index contributed by atoms with van der Waals surface area (Å²) in [5, 5.41) is 3.00. The van der Waals surface area contributed by atoms with Crippen LogP contribution in [-0.2, 0) is 31.9 Å². The van der Waals surface area contributed by atoms with Crippen molar-refractivity contribution in [3.8, 4) is 0 Å². The molecule has 2 aliphatic rings. The standard InChI is InChI=1S/C24H20Br4N2O7S/c1-8-4-5-10-11(6-8)38-20(13(10)24(35)36-3)29-12(31)7-37-23(34)9(2)30-21(32)14-15(22(30)33)17(26)19(28)18(27)16(14)25/h8-9H,4-7H2,1-3H3,(H,29,31)/t8-,9-/m1/s1. The molecule has 1 aromatic carbocycles. The summed E-state index contributed by atoms with van der Waals surface area (Å²) in [6.07, 6.45) is 2.43. The van der Waals surface area contributed by atoms with Crippen molar-refractivity contribution in [2.45, 2.75) is 39.2 Å². The number of carbonyl (C=O) groups excluding carboxylic acids is 5. The number of ether oxygens (including phenoxy) is 2. The fraction of sp³-hybridized carbons (Fsp3) is 0.375. The van der Waals surface area contributed by atoms with Crippen LogP contribution in [0.25, 0.3) is 0 Å². The molecule has 0 bridgehead atoms. The molecule has 38 heavy (non-hydrogen) atoms. The second-order valence-corrected chi connectivity index (χ2v) is 13.1. The molecule has 2 heterocycles. The molecule has 1 N–H and O–H groups in total. The average Bonchev–Trinajstić information content (AvgIpc) is 3.36. The lowest BCUT2D eigenvalue weighted by molar-refractivity contribution is -0.150. The Labute approximate surface area is 255 Å². The van der Waals surface area contributed by atoms with Gasteiger partial charge >= 0.3 is 11.9 Å². The van der Waals surface area contributed by atoms with E-state index in [1.165, 1.54) is 25.4 Å². The maximum absolute atomic E-state index is 13.1. The van der Waals surface area contributed by atoms with Gasteiger partial charge < -0.3 is 14.8 Å². The van der Waals surface area contributed by atoms with Crippen molar-refractivity contribution in [2.75, 3.05) is 19.0 Å². The third-order valence-corrected chi connectivity index (χ3v) is 12.3. The van der Waals surface area contributed by atoms with Crippen LogP contribution in [0.4, 0.5) is 5.00 Å². The lowest BCUT2D eigenvalue weighted by atomic mass is 9.88. The number of hydrogen-bond donors (Lipinski definition) is 1. The average molecular weight is 800 g/mol. The van der Waals surface area contributed by atoms with Gasteiger partial charge in [0.25, 0.3) is 17.7 Å². The summed E-state index contributed by atoms with van der Waals surface area (Å²) in [5.41, 5.74) is 1.40. The van der Waals surface area contributed by atoms with Crippen LogP contribution in [0, 0.1) is 5.92 Å². The molecule has 1 aliphatic heterocycles. The zero-order valence-corrected chi connectivity index (χ0v) is 27.4. The highest BCUT2D eigenvalue weighted by atomic mass is 79.9. The van der Waals surface area contributed by atoms with E-state index in [9.17, 15) is 24.0 Å². The highest BCUT2D eigenvalue weighted by Gasteiger charge is 2.45.